The summed E-state index contributed by atoms with van der Waals surface area (Å²) in [4.78, 5) is 0. The molecule has 5 rings (SSSR count). The molecule has 2 aromatic carbocycles. The zero-order valence-electron chi connectivity index (χ0n) is 13.4. The molecule has 0 spiro atoms. The molecule has 2 aliphatic rings. The van der Waals surface area contributed by atoms with Crippen LogP contribution in [0.4, 0.5) is 0 Å². The monoisotopic (exact) mass is 348 g/mol. The average molecular weight is 348 g/mol. The van der Waals surface area contributed by atoms with Gasteiger partial charge in [0.05, 0.1) is 11.8 Å². The van der Waals surface area contributed by atoms with Crippen LogP contribution in [0.25, 0.3) is 0 Å². The summed E-state index contributed by atoms with van der Waals surface area (Å²) >= 11 is 1.66. The molecule has 5 heteroatoms. The molecule has 0 fully saturated rings. The fourth-order valence-corrected chi connectivity index (χ4v) is 4.20. The number of para-hydroxylation sites is 1. The number of aromatic hydroxyl groups is 1. The first-order valence-corrected chi connectivity index (χ1v) is 9.17. The van der Waals surface area contributed by atoms with Gasteiger partial charge in [-0.15, -0.1) is 0 Å². The van der Waals surface area contributed by atoms with Crippen molar-refractivity contribution < 1.29 is 9.84 Å². The van der Waals surface area contributed by atoms with Gasteiger partial charge in [0.1, 0.15) is 11.5 Å². The first-order chi connectivity index (χ1) is 12.3. The Kier molecular flexibility index (Phi) is 3.28. The second-order valence-corrected chi connectivity index (χ2v) is 7.04. The Morgan fingerprint density at radius 1 is 1.12 bits per heavy atom. The maximum absolute atomic E-state index is 9.80. The van der Waals surface area contributed by atoms with Crippen LogP contribution in [0.1, 0.15) is 35.4 Å². The van der Waals surface area contributed by atoms with E-state index >= 15 is 0 Å². The number of fused-ring (bicyclic) bond motifs is 3. The van der Waals surface area contributed by atoms with Gasteiger partial charge in [0, 0.05) is 23.1 Å². The molecule has 25 heavy (non-hydrogen) atoms. The number of benzene rings is 2. The van der Waals surface area contributed by atoms with Crippen molar-refractivity contribution in [1.29, 1.82) is 0 Å². The normalized spacial score (nSPS) is 21.3. The van der Waals surface area contributed by atoms with Gasteiger partial charge in [0.15, 0.2) is 0 Å². The topological polar surface area (TPSA) is 45.1 Å². The molecule has 0 saturated heterocycles. The molecule has 1 N–H and O–H groups in total. The minimum atomic E-state index is -0.221. The highest BCUT2D eigenvalue weighted by atomic mass is 32.1. The Labute approximate surface area is 149 Å². The smallest absolute Gasteiger partial charge is 0.214 e. The van der Waals surface area contributed by atoms with Gasteiger partial charge in [0.25, 0.3) is 0 Å². The van der Waals surface area contributed by atoms with E-state index in [1.165, 1.54) is 0 Å². The summed E-state index contributed by atoms with van der Waals surface area (Å²) in [5.41, 5.74) is 4.20. The Morgan fingerprint density at radius 2 is 2.04 bits per heavy atom. The zero-order valence-corrected chi connectivity index (χ0v) is 14.2. The van der Waals surface area contributed by atoms with Crippen LogP contribution < -0.4 is 4.74 Å². The van der Waals surface area contributed by atoms with Crippen molar-refractivity contribution >= 4 is 17.0 Å². The predicted octanol–water partition coefficient (Wildman–Crippen LogP) is 4.70. The van der Waals surface area contributed by atoms with Crippen molar-refractivity contribution in [3.63, 3.8) is 0 Å². The highest BCUT2D eigenvalue weighted by Crippen LogP contribution is 2.47. The van der Waals surface area contributed by atoms with E-state index in [9.17, 15) is 5.11 Å². The molecule has 124 valence electrons. The number of thiophene rings is 1. The molecule has 3 aromatic rings. The van der Waals surface area contributed by atoms with Crippen LogP contribution in [-0.2, 0) is 0 Å². The molecular weight excluding hydrogens is 332 g/mol. The van der Waals surface area contributed by atoms with E-state index in [1.54, 1.807) is 23.5 Å². The second kappa shape index (κ2) is 5.63. The van der Waals surface area contributed by atoms with Crippen LogP contribution in [-0.4, -0.2) is 15.8 Å². The van der Waals surface area contributed by atoms with Gasteiger partial charge in [-0.2, -0.15) is 16.4 Å². The van der Waals surface area contributed by atoms with E-state index < -0.39 is 0 Å². The number of hydrogen-bond donors (Lipinski definition) is 1. The fourth-order valence-electron chi connectivity index (χ4n) is 3.53. The number of hydrazone groups is 1. The van der Waals surface area contributed by atoms with E-state index in [0.717, 1.165) is 34.6 Å². The number of nitrogens with zero attached hydrogens (tertiary/aromatic N) is 2. The highest BCUT2D eigenvalue weighted by Gasteiger charge is 2.40. The number of hydrogen-bond acceptors (Lipinski definition) is 5. The number of rotatable bonds is 2. The van der Waals surface area contributed by atoms with E-state index in [2.05, 4.69) is 27.9 Å². The van der Waals surface area contributed by atoms with Gasteiger partial charge >= 0.3 is 0 Å². The number of phenols is 1. The van der Waals surface area contributed by atoms with Gasteiger partial charge in [-0.1, -0.05) is 30.3 Å². The van der Waals surface area contributed by atoms with Crippen molar-refractivity contribution in [2.75, 3.05) is 0 Å². The molecule has 0 unspecified atom stereocenters. The van der Waals surface area contributed by atoms with Gasteiger partial charge in [-0.3, -0.25) is 0 Å². The maximum atomic E-state index is 9.80. The highest BCUT2D eigenvalue weighted by molar-refractivity contribution is 7.07. The van der Waals surface area contributed by atoms with Crippen LogP contribution in [0.3, 0.4) is 0 Å². The average Bonchev–Trinajstić information content (AvgIpc) is 3.31. The minimum absolute atomic E-state index is 0.146. The second-order valence-electron chi connectivity index (χ2n) is 6.26. The van der Waals surface area contributed by atoms with Crippen LogP contribution in [0.15, 0.2) is 70.5 Å². The summed E-state index contributed by atoms with van der Waals surface area (Å²) in [6, 6.07) is 17.7. The molecule has 0 aliphatic carbocycles. The van der Waals surface area contributed by atoms with Crippen LogP contribution in [0.2, 0.25) is 0 Å². The van der Waals surface area contributed by atoms with Crippen molar-refractivity contribution in [1.82, 2.24) is 5.01 Å². The van der Waals surface area contributed by atoms with Crippen LogP contribution in [0.5, 0.6) is 11.5 Å². The van der Waals surface area contributed by atoms with Crippen molar-refractivity contribution in [2.45, 2.75) is 18.7 Å². The molecule has 0 radical (unpaired) electrons. The third-order valence-corrected chi connectivity index (χ3v) is 5.41. The molecule has 2 aliphatic heterocycles. The number of phenolic OH excluding ortho intramolecular Hbond substituents is 1. The number of ether oxygens (including phenoxy) is 1. The Bertz CT molecular complexity index is 952. The van der Waals surface area contributed by atoms with Crippen LogP contribution >= 0.6 is 11.3 Å². The Balaban J connectivity index is 1.60. The molecule has 0 saturated carbocycles. The lowest BCUT2D eigenvalue weighted by Gasteiger charge is -2.37. The summed E-state index contributed by atoms with van der Waals surface area (Å²) in [7, 11) is 0. The molecule has 0 bridgehead atoms. The molecular formula is C20H16N2O2S. The van der Waals surface area contributed by atoms with E-state index in [-0.39, 0.29) is 18.0 Å². The molecule has 0 amide bonds. The summed E-state index contributed by atoms with van der Waals surface area (Å²) < 4.78 is 6.27. The van der Waals surface area contributed by atoms with E-state index in [1.807, 2.05) is 30.3 Å². The molecule has 2 atom stereocenters. The van der Waals surface area contributed by atoms with Gasteiger partial charge in [0.2, 0.25) is 6.23 Å². The van der Waals surface area contributed by atoms with Crippen molar-refractivity contribution in [3.05, 3.63) is 82.0 Å². The lowest BCUT2D eigenvalue weighted by atomic mass is 9.96. The fraction of sp³-hybridized carbons (Fsp3) is 0.150. The minimum Gasteiger partial charge on any atom is -0.508 e. The standard InChI is InChI=1S/C20H16N2O2S/c23-15-5-3-4-13(10-15)17-11-18-16-6-1-2-7-19(16)24-20(22(18)21-17)14-8-9-25-12-14/h1-10,12,18,20,23H,11H2/t18-,20-/m0/s1. The summed E-state index contributed by atoms with van der Waals surface area (Å²) in [5.74, 6) is 1.18. The first kappa shape index (κ1) is 14.5. The van der Waals surface area contributed by atoms with Crippen LogP contribution in [0, 0.1) is 0 Å². The van der Waals surface area contributed by atoms with Gasteiger partial charge < -0.3 is 9.84 Å². The van der Waals surface area contributed by atoms with Gasteiger partial charge in [-0.25, -0.2) is 5.01 Å². The quantitative estimate of drug-likeness (QED) is 0.730. The third-order valence-electron chi connectivity index (χ3n) is 4.71. The zero-order chi connectivity index (χ0) is 16.8. The summed E-state index contributed by atoms with van der Waals surface area (Å²) in [6.07, 6.45) is 0.575. The Morgan fingerprint density at radius 3 is 2.88 bits per heavy atom. The molecule has 4 nitrogen and oxygen atoms in total. The van der Waals surface area contributed by atoms with Gasteiger partial charge in [-0.05, 0) is 35.0 Å². The lowest BCUT2D eigenvalue weighted by Crippen LogP contribution is -2.33. The molecule has 1 aromatic heterocycles. The Hall–Kier alpha value is -2.79. The third kappa shape index (κ3) is 2.39. The summed E-state index contributed by atoms with van der Waals surface area (Å²) in [6.45, 7) is 0. The predicted molar refractivity (Wildman–Crippen MR) is 98.0 cm³/mol. The first-order valence-electron chi connectivity index (χ1n) is 8.22. The maximum Gasteiger partial charge on any atom is 0.214 e. The van der Waals surface area contributed by atoms with E-state index in [0.29, 0.717) is 0 Å². The van der Waals surface area contributed by atoms with E-state index in [4.69, 9.17) is 9.84 Å². The largest absolute Gasteiger partial charge is 0.508 e. The lowest BCUT2D eigenvalue weighted by molar-refractivity contribution is -0.0187. The van der Waals surface area contributed by atoms with Crippen molar-refractivity contribution in [3.8, 4) is 11.5 Å². The van der Waals surface area contributed by atoms with Crippen molar-refractivity contribution in [2.24, 2.45) is 5.10 Å². The summed E-state index contributed by atoms with van der Waals surface area (Å²) in [5, 5.41) is 20.9. The molecule has 3 heterocycles. The SMILES string of the molecule is Oc1cccc(C2=NN3[C@@H](C2)c2ccccc2O[C@H]3c2ccsc2)c1.